The van der Waals surface area contributed by atoms with Crippen molar-refractivity contribution in [2.45, 2.75) is 24.7 Å². The number of hydrogen-bond donors (Lipinski definition) is 0. The number of hydrogen-bond acceptors (Lipinski definition) is 7. The van der Waals surface area contributed by atoms with Crippen molar-refractivity contribution < 1.29 is 17.9 Å². The molecule has 1 aliphatic heterocycles. The van der Waals surface area contributed by atoms with E-state index in [2.05, 4.69) is 11.9 Å². The van der Waals surface area contributed by atoms with E-state index >= 15 is 0 Å². The number of amides is 1. The predicted molar refractivity (Wildman–Crippen MR) is 152 cm³/mol. The number of carbonyl (C=O) groups is 1. The van der Waals surface area contributed by atoms with Gasteiger partial charge in [-0.25, -0.2) is 13.4 Å². The monoisotopic (exact) mass is 586 g/mol. The maximum atomic E-state index is 13.6. The summed E-state index contributed by atoms with van der Waals surface area (Å²) in [4.78, 5) is 22.1. The Labute approximate surface area is 233 Å². The van der Waals surface area contributed by atoms with Gasteiger partial charge in [0.25, 0.3) is 5.91 Å². The number of likely N-dealkylation sites (N-methyl/N-ethyl adjacent to an activating group) is 1. The van der Waals surface area contributed by atoms with Gasteiger partial charge in [-0.1, -0.05) is 29.9 Å². The number of nitrogens with zero attached hydrogens (tertiary/aromatic N) is 4. The largest absolute Gasteiger partial charge is 0.494 e. The molecule has 4 rings (SSSR count). The minimum Gasteiger partial charge on any atom is -0.494 e. The van der Waals surface area contributed by atoms with Crippen LogP contribution < -0.4 is 9.64 Å². The van der Waals surface area contributed by atoms with Crippen LogP contribution in [0.1, 0.15) is 30.1 Å². The van der Waals surface area contributed by atoms with Crippen molar-refractivity contribution in [2.24, 2.45) is 5.92 Å². The van der Waals surface area contributed by atoms with Gasteiger partial charge in [0.05, 0.1) is 21.7 Å². The van der Waals surface area contributed by atoms with Crippen LogP contribution in [0.25, 0.3) is 10.2 Å². The van der Waals surface area contributed by atoms with Crippen molar-refractivity contribution in [2.75, 3.05) is 52.3 Å². The van der Waals surface area contributed by atoms with E-state index in [0.717, 1.165) is 17.5 Å². The smallest absolute Gasteiger partial charge is 0.260 e. The molecule has 0 unspecified atom stereocenters. The molecule has 3 aromatic rings. The quantitative estimate of drug-likeness (QED) is 0.369. The second kappa shape index (κ2) is 12.3. The van der Waals surface area contributed by atoms with Crippen molar-refractivity contribution in [1.82, 2.24) is 14.2 Å². The molecular formula is C25H32Cl2N4O4S2. The first-order valence-corrected chi connectivity index (χ1v) is 14.4. The molecule has 1 saturated heterocycles. The van der Waals surface area contributed by atoms with Gasteiger partial charge in [-0.15, -0.1) is 12.4 Å². The van der Waals surface area contributed by atoms with E-state index in [1.165, 1.54) is 27.8 Å². The zero-order valence-corrected chi connectivity index (χ0v) is 24.5. The Hall–Kier alpha value is -1.95. The first-order valence-electron chi connectivity index (χ1n) is 11.8. The molecule has 0 saturated carbocycles. The summed E-state index contributed by atoms with van der Waals surface area (Å²) in [5.74, 6) is 0.849. The van der Waals surface area contributed by atoms with Crippen LogP contribution in [0, 0.1) is 5.92 Å². The molecule has 0 atom stereocenters. The molecule has 8 nitrogen and oxygen atoms in total. The number of sulfonamides is 1. The summed E-state index contributed by atoms with van der Waals surface area (Å²) < 4.78 is 33.9. The number of rotatable bonds is 8. The van der Waals surface area contributed by atoms with Crippen LogP contribution >= 0.6 is 35.3 Å². The Morgan fingerprint density at radius 2 is 1.78 bits per heavy atom. The first-order chi connectivity index (χ1) is 17.1. The van der Waals surface area contributed by atoms with E-state index in [0.29, 0.717) is 59.1 Å². The Morgan fingerprint density at radius 3 is 2.38 bits per heavy atom. The van der Waals surface area contributed by atoms with E-state index < -0.39 is 10.0 Å². The highest BCUT2D eigenvalue weighted by molar-refractivity contribution is 7.89. The minimum absolute atomic E-state index is 0. The van der Waals surface area contributed by atoms with Crippen LogP contribution in [0.2, 0.25) is 5.02 Å². The van der Waals surface area contributed by atoms with Crippen LogP contribution in [0.3, 0.4) is 0 Å². The van der Waals surface area contributed by atoms with Gasteiger partial charge in [0.1, 0.15) is 11.3 Å². The molecule has 0 bridgehead atoms. The van der Waals surface area contributed by atoms with Crippen LogP contribution in [-0.2, 0) is 10.0 Å². The van der Waals surface area contributed by atoms with Crippen molar-refractivity contribution in [3.05, 3.63) is 47.0 Å². The molecule has 0 N–H and O–H groups in total. The lowest BCUT2D eigenvalue weighted by Crippen LogP contribution is -2.38. The predicted octanol–water partition coefficient (Wildman–Crippen LogP) is 5.01. The lowest BCUT2D eigenvalue weighted by molar-refractivity contribution is 0.0985. The Morgan fingerprint density at radius 1 is 1.14 bits per heavy atom. The molecule has 0 radical (unpaired) electrons. The van der Waals surface area contributed by atoms with E-state index in [-0.39, 0.29) is 23.2 Å². The lowest BCUT2D eigenvalue weighted by atomic mass is 10.0. The second-order valence-corrected chi connectivity index (χ2v) is 12.6. The summed E-state index contributed by atoms with van der Waals surface area (Å²) in [5.41, 5.74) is 0.988. The van der Waals surface area contributed by atoms with Gasteiger partial charge >= 0.3 is 0 Å². The van der Waals surface area contributed by atoms with Crippen LogP contribution in [-0.4, -0.2) is 75.9 Å². The fraction of sp³-hybridized carbons (Fsp3) is 0.440. The number of thiazole rings is 1. The summed E-state index contributed by atoms with van der Waals surface area (Å²) in [7, 11) is 1.84. The molecule has 2 heterocycles. The molecule has 2 aromatic carbocycles. The summed E-state index contributed by atoms with van der Waals surface area (Å²) in [6.07, 6.45) is 1.71. The van der Waals surface area contributed by atoms with Crippen molar-refractivity contribution in [3.8, 4) is 5.75 Å². The summed E-state index contributed by atoms with van der Waals surface area (Å²) in [6, 6.07) is 9.68. The van der Waals surface area contributed by atoms with E-state index in [4.69, 9.17) is 16.3 Å². The highest BCUT2D eigenvalue weighted by Crippen LogP contribution is 2.39. The number of benzene rings is 2. The van der Waals surface area contributed by atoms with Gasteiger partial charge in [0.15, 0.2) is 5.13 Å². The number of anilines is 1. The Balaban J connectivity index is 0.00000380. The third kappa shape index (κ3) is 6.38. The summed E-state index contributed by atoms with van der Waals surface area (Å²) in [6.45, 7) is 4.20. The molecule has 1 aromatic heterocycles. The first kappa shape index (κ1) is 29.6. The third-order valence-corrected chi connectivity index (χ3v) is 9.85. The van der Waals surface area contributed by atoms with Crippen LogP contribution in [0.5, 0.6) is 5.75 Å². The van der Waals surface area contributed by atoms with E-state index in [1.54, 1.807) is 36.3 Å². The average Bonchev–Trinajstić information content (AvgIpc) is 3.30. The highest BCUT2D eigenvalue weighted by Gasteiger charge is 2.29. The molecular weight excluding hydrogens is 555 g/mol. The van der Waals surface area contributed by atoms with Crippen LogP contribution in [0.4, 0.5) is 5.13 Å². The maximum absolute atomic E-state index is 13.6. The van der Waals surface area contributed by atoms with Gasteiger partial charge in [-0.3, -0.25) is 9.69 Å². The molecule has 202 valence electrons. The topological polar surface area (TPSA) is 83.0 Å². The van der Waals surface area contributed by atoms with Crippen molar-refractivity contribution in [3.63, 3.8) is 0 Å². The van der Waals surface area contributed by atoms with Gasteiger partial charge in [-0.2, -0.15) is 4.31 Å². The van der Waals surface area contributed by atoms with Crippen molar-refractivity contribution >= 4 is 66.6 Å². The number of fused-ring (bicyclic) bond motifs is 1. The number of ether oxygens (including phenoxy) is 1. The average molecular weight is 588 g/mol. The van der Waals surface area contributed by atoms with E-state index in [1.807, 2.05) is 19.0 Å². The number of methoxy groups -OCH3 is 1. The molecule has 1 amide bonds. The maximum Gasteiger partial charge on any atom is 0.260 e. The molecule has 12 heteroatoms. The SMILES string of the molecule is COc1ccc(Cl)c2sc(N(CCN(C)C)C(=O)c3ccc(S(=O)(=O)N4CCC(C)CC4)cc3)nc12.Cl. The standard InChI is InChI=1S/C25H31ClN4O4S2.ClH/c1-17-11-13-29(14-12-17)36(32,33)19-7-5-18(6-8-19)24(31)30(16-15-28(2)3)25-27-22-21(34-4)10-9-20(26)23(22)35-25;/h5-10,17H,11-16H2,1-4H3;1H. The van der Waals surface area contributed by atoms with Gasteiger partial charge in [0, 0.05) is 31.7 Å². The Kier molecular flexibility index (Phi) is 9.82. The Bertz CT molecular complexity index is 1340. The minimum atomic E-state index is -3.59. The highest BCUT2D eigenvalue weighted by atomic mass is 35.5. The normalized spacial score (nSPS) is 15.1. The fourth-order valence-electron chi connectivity index (χ4n) is 4.11. The van der Waals surface area contributed by atoms with Crippen molar-refractivity contribution in [1.29, 1.82) is 0 Å². The zero-order chi connectivity index (χ0) is 26.0. The third-order valence-electron chi connectivity index (χ3n) is 6.40. The van der Waals surface area contributed by atoms with E-state index in [9.17, 15) is 13.2 Å². The second-order valence-electron chi connectivity index (χ2n) is 9.29. The fourth-order valence-corrected chi connectivity index (χ4v) is 6.86. The zero-order valence-electron chi connectivity index (χ0n) is 21.3. The summed E-state index contributed by atoms with van der Waals surface area (Å²) in [5, 5.41) is 1.04. The van der Waals surface area contributed by atoms with Gasteiger partial charge in [-0.05, 0) is 69.3 Å². The van der Waals surface area contributed by atoms with Gasteiger partial charge in [0.2, 0.25) is 10.0 Å². The van der Waals surface area contributed by atoms with Gasteiger partial charge < -0.3 is 9.64 Å². The van der Waals surface area contributed by atoms with Crippen LogP contribution in [0.15, 0.2) is 41.3 Å². The summed E-state index contributed by atoms with van der Waals surface area (Å²) >= 11 is 7.73. The molecule has 0 aliphatic carbocycles. The lowest BCUT2D eigenvalue weighted by Gasteiger charge is -2.29. The number of piperidine rings is 1. The molecule has 1 fully saturated rings. The molecule has 37 heavy (non-hydrogen) atoms. The number of halogens is 2. The molecule has 1 aliphatic rings. The molecule has 0 spiro atoms. The number of aromatic nitrogens is 1. The number of carbonyl (C=O) groups excluding carboxylic acids is 1.